The van der Waals surface area contributed by atoms with E-state index in [0.29, 0.717) is 19.4 Å². The van der Waals surface area contributed by atoms with E-state index in [-0.39, 0.29) is 54.0 Å². The Hall–Kier alpha value is -1.45. The topological polar surface area (TPSA) is 94.9 Å². The van der Waals surface area contributed by atoms with Crippen molar-refractivity contribution in [2.24, 2.45) is 5.92 Å². The normalized spacial score (nSPS) is 18.9. The van der Waals surface area contributed by atoms with Gasteiger partial charge in [-0.25, -0.2) is 12.8 Å². The van der Waals surface area contributed by atoms with Crippen molar-refractivity contribution in [3.05, 3.63) is 59.9 Å². The van der Waals surface area contributed by atoms with Crippen LogP contribution in [0.25, 0.3) is 0 Å². The number of phenols is 1. The van der Waals surface area contributed by atoms with Gasteiger partial charge in [-0.1, -0.05) is 31.4 Å². The molecule has 0 aromatic heterocycles. The Morgan fingerprint density at radius 2 is 1.78 bits per heavy atom. The minimum absolute atomic E-state index is 0. The fourth-order valence-corrected chi connectivity index (χ4v) is 6.01. The number of aromatic hydroxyl groups is 1. The Kier molecular flexibility index (Phi) is 10.2. The van der Waals surface area contributed by atoms with E-state index >= 15 is 0 Å². The van der Waals surface area contributed by atoms with Gasteiger partial charge >= 0.3 is 35.5 Å². The van der Waals surface area contributed by atoms with Crippen molar-refractivity contribution in [2.75, 3.05) is 6.54 Å². The molecule has 0 spiro atoms. The Morgan fingerprint density at radius 3 is 2.44 bits per heavy atom. The summed E-state index contributed by atoms with van der Waals surface area (Å²) in [5.41, 5.74) is 0.735. The van der Waals surface area contributed by atoms with Gasteiger partial charge in [0.2, 0.25) is 10.0 Å². The summed E-state index contributed by atoms with van der Waals surface area (Å²) in [6.45, 7) is 0.351. The van der Waals surface area contributed by atoms with E-state index < -0.39 is 27.9 Å². The zero-order valence-electron chi connectivity index (χ0n) is 19.3. The number of benzene rings is 2. The molecule has 0 saturated carbocycles. The Balaban J connectivity index is 0.00000272. The van der Waals surface area contributed by atoms with E-state index in [0.717, 1.165) is 43.4 Å². The number of nitrogens with zero attached hydrogens (tertiary/aromatic N) is 1. The van der Waals surface area contributed by atoms with Gasteiger partial charge in [0.15, 0.2) is 0 Å². The standard InChI is InChI=1S/C23H28FNO5S.Na.H/c24-19-10-12-21(13-11-19)31(29,30)25-15-14-17(6-3-1-2-4-9-22(27)28)23(25)18-7-5-8-20(26)16-18;;/h5,7-8,10-13,16-17,23,26H,1-4,6,9,14-15H2,(H,27,28);;/q;+1;-1. The fraction of sp³-hybridized carbons (Fsp3) is 0.435. The molecule has 170 valence electrons. The maximum absolute atomic E-state index is 13.3. The van der Waals surface area contributed by atoms with Gasteiger partial charge < -0.3 is 11.6 Å². The molecule has 6 nitrogen and oxygen atoms in total. The summed E-state index contributed by atoms with van der Waals surface area (Å²) in [6.07, 6.45) is 4.90. The monoisotopic (exact) mass is 473 g/mol. The predicted octanol–water partition coefficient (Wildman–Crippen LogP) is 1.82. The molecule has 1 aliphatic heterocycles. The average Bonchev–Trinajstić information content (AvgIpc) is 3.15. The van der Waals surface area contributed by atoms with Crippen LogP contribution in [-0.4, -0.2) is 35.5 Å². The van der Waals surface area contributed by atoms with E-state index in [1.165, 1.54) is 16.4 Å². The molecule has 2 unspecified atom stereocenters. The van der Waals surface area contributed by atoms with Gasteiger partial charge in [0.05, 0.1) is 10.9 Å². The molecule has 1 fully saturated rings. The summed E-state index contributed by atoms with van der Waals surface area (Å²) in [5, 5.41) is 18.7. The fourth-order valence-electron chi connectivity index (χ4n) is 4.32. The maximum atomic E-state index is 13.3. The largest absolute Gasteiger partial charge is 1.00 e. The minimum Gasteiger partial charge on any atom is -1.00 e. The van der Waals surface area contributed by atoms with Crippen LogP contribution in [-0.2, 0) is 14.8 Å². The first-order valence-electron chi connectivity index (χ1n) is 10.6. The molecule has 3 rings (SSSR count). The van der Waals surface area contributed by atoms with Crippen LogP contribution in [0.4, 0.5) is 4.39 Å². The number of hydrogen-bond donors (Lipinski definition) is 2. The molecule has 0 amide bonds. The molecule has 0 bridgehead atoms. The summed E-state index contributed by atoms with van der Waals surface area (Å²) in [5.74, 6) is -1.13. The van der Waals surface area contributed by atoms with Crippen LogP contribution in [0.3, 0.4) is 0 Å². The third-order valence-electron chi connectivity index (χ3n) is 5.82. The summed E-state index contributed by atoms with van der Waals surface area (Å²) >= 11 is 0. The summed E-state index contributed by atoms with van der Waals surface area (Å²) < 4.78 is 41.4. The molecular formula is C23H29FNNaO5S. The van der Waals surface area contributed by atoms with Crippen LogP contribution in [0.15, 0.2) is 53.4 Å². The van der Waals surface area contributed by atoms with Gasteiger partial charge in [-0.15, -0.1) is 0 Å². The Labute approximate surface area is 212 Å². The van der Waals surface area contributed by atoms with Crippen LogP contribution in [0, 0.1) is 11.7 Å². The molecule has 2 aromatic rings. The summed E-state index contributed by atoms with van der Waals surface area (Å²) in [6, 6.07) is 11.1. The molecule has 1 saturated heterocycles. The van der Waals surface area contributed by atoms with Gasteiger partial charge in [-0.3, -0.25) is 4.79 Å². The van der Waals surface area contributed by atoms with E-state index in [2.05, 4.69) is 0 Å². The number of sulfonamides is 1. The maximum Gasteiger partial charge on any atom is 1.00 e. The first kappa shape index (κ1) is 26.8. The SMILES string of the molecule is O=C(O)CCCCCCC1CCN(S(=O)(=O)c2ccc(F)cc2)C1c1cccc(O)c1.[H-].[Na+]. The second kappa shape index (κ2) is 12.1. The number of halogens is 1. The molecule has 9 heteroatoms. The number of phenolic OH excluding ortho intramolecular Hbond substituents is 1. The number of hydrogen-bond acceptors (Lipinski definition) is 4. The van der Waals surface area contributed by atoms with Gasteiger partial charge in [0.1, 0.15) is 11.6 Å². The van der Waals surface area contributed by atoms with Gasteiger partial charge in [0, 0.05) is 13.0 Å². The number of unbranched alkanes of at least 4 members (excludes halogenated alkanes) is 3. The Bertz CT molecular complexity index is 1010. The molecule has 1 heterocycles. The predicted molar refractivity (Wildman–Crippen MR) is 116 cm³/mol. The van der Waals surface area contributed by atoms with Crippen molar-refractivity contribution in [1.29, 1.82) is 0 Å². The van der Waals surface area contributed by atoms with Crippen LogP contribution in [0.5, 0.6) is 5.75 Å². The Morgan fingerprint density at radius 1 is 1.09 bits per heavy atom. The van der Waals surface area contributed by atoms with E-state index in [1.54, 1.807) is 18.2 Å². The molecular weight excluding hydrogens is 444 g/mol. The number of rotatable bonds is 10. The second-order valence-corrected chi connectivity index (χ2v) is 9.90. The van der Waals surface area contributed by atoms with Crippen LogP contribution < -0.4 is 29.6 Å². The smallest absolute Gasteiger partial charge is 1.00 e. The molecule has 2 N–H and O–H groups in total. The van der Waals surface area contributed by atoms with Crippen LogP contribution in [0.1, 0.15) is 58.0 Å². The molecule has 32 heavy (non-hydrogen) atoms. The number of carbonyl (C=O) groups is 1. The summed E-state index contributed by atoms with van der Waals surface area (Å²) in [4.78, 5) is 10.7. The quantitative estimate of drug-likeness (QED) is 0.406. The van der Waals surface area contributed by atoms with Gasteiger partial charge in [0.25, 0.3) is 0 Å². The van der Waals surface area contributed by atoms with Gasteiger partial charge in [-0.05, 0) is 67.1 Å². The van der Waals surface area contributed by atoms with E-state index in [9.17, 15) is 22.7 Å². The number of carboxylic acid groups (broad SMARTS) is 1. The average molecular weight is 474 g/mol. The van der Waals surface area contributed by atoms with Crippen molar-refractivity contribution >= 4 is 16.0 Å². The first-order chi connectivity index (χ1) is 14.8. The van der Waals surface area contributed by atoms with Gasteiger partial charge in [-0.2, -0.15) is 4.31 Å². The molecule has 2 atom stereocenters. The molecule has 1 aliphatic rings. The van der Waals surface area contributed by atoms with E-state index in [1.807, 2.05) is 6.07 Å². The van der Waals surface area contributed by atoms with E-state index in [4.69, 9.17) is 5.11 Å². The molecule has 0 aliphatic carbocycles. The van der Waals surface area contributed by atoms with Crippen molar-refractivity contribution < 1.29 is 58.8 Å². The van der Waals surface area contributed by atoms with Crippen molar-refractivity contribution in [2.45, 2.75) is 55.9 Å². The van der Waals surface area contributed by atoms with Crippen molar-refractivity contribution in [1.82, 2.24) is 4.31 Å². The molecule has 2 aromatic carbocycles. The third kappa shape index (κ3) is 6.78. The van der Waals surface area contributed by atoms with Crippen molar-refractivity contribution in [3.63, 3.8) is 0 Å². The minimum atomic E-state index is -3.83. The zero-order valence-corrected chi connectivity index (χ0v) is 21.1. The summed E-state index contributed by atoms with van der Waals surface area (Å²) in [7, 11) is -3.83. The van der Waals surface area contributed by atoms with Crippen LogP contribution >= 0.6 is 0 Å². The second-order valence-electron chi connectivity index (χ2n) is 8.00. The number of carboxylic acids is 1. The zero-order chi connectivity index (χ0) is 22.4. The van der Waals surface area contributed by atoms with Crippen LogP contribution in [0.2, 0.25) is 0 Å². The number of aliphatic carboxylic acids is 1. The first-order valence-corrected chi connectivity index (χ1v) is 12.0. The van der Waals surface area contributed by atoms with Crippen molar-refractivity contribution in [3.8, 4) is 5.75 Å². The third-order valence-corrected chi connectivity index (χ3v) is 7.72. The molecule has 0 radical (unpaired) electrons.